The maximum Gasteiger partial charge on any atom is 0.339 e. The number of hydrogen-bond donors (Lipinski definition) is 2. The van der Waals surface area contributed by atoms with Crippen molar-refractivity contribution >= 4 is 11.8 Å². The van der Waals surface area contributed by atoms with Crippen LogP contribution in [0.15, 0.2) is 18.3 Å². The van der Waals surface area contributed by atoms with Crippen LogP contribution in [0, 0.1) is 0 Å². The standard InChI is InChI=1S/C13H21N3O2/c1-3-5-11(8-14)16-12-7-6-10(9-15-12)13(17)18-4-2/h6-7,9,11H,3-5,8,14H2,1-2H3,(H,15,16). The van der Waals surface area contributed by atoms with Crippen LogP contribution in [-0.2, 0) is 4.74 Å². The Kier molecular flexibility index (Phi) is 6.14. The van der Waals surface area contributed by atoms with Crippen LogP contribution in [-0.4, -0.2) is 30.1 Å². The Bertz CT molecular complexity index is 365. The lowest BCUT2D eigenvalue weighted by molar-refractivity contribution is 0.0526. The van der Waals surface area contributed by atoms with Crippen molar-refractivity contribution in [2.24, 2.45) is 5.73 Å². The molecule has 1 aromatic heterocycles. The van der Waals surface area contributed by atoms with E-state index in [0.717, 1.165) is 18.7 Å². The SMILES string of the molecule is CCCC(CN)Nc1ccc(C(=O)OCC)cn1. The third-order valence-corrected chi connectivity index (χ3v) is 2.55. The van der Waals surface area contributed by atoms with Crippen LogP contribution in [0.2, 0.25) is 0 Å². The number of nitrogens with two attached hydrogens (primary N) is 1. The van der Waals surface area contributed by atoms with Gasteiger partial charge in [-0.1, -0.05) is 13.3 Å². The van der Waals surface area contributed by atoms with Crippen LogP contribution in [0.4, 0.5) is 5.82 Å². The number of rotatable bonds is 7. The van der Waals surface area contributed by atoms with Gasteiger partial charge in [-0.3, -0.25) is 0 Å². The summed E-state index contributed by atoms with van der Waals surface area (Å²) in [5, 5.41) is 3.24. The maximum absolute atomic E-state index is 11.4. The number of hydrogen-bond acceptors (Lipinski definition) is 5. The number of nitrogens with one attached hydrogen (secondary N) is 1. The van der Waals surface area contributed by atoms with E-state index in [9.17, 15) is 4.79 Å². The van der Waals surface area contributed by atoms with Crippen molar-refractivity contribution in [1.82, 2.24) is 4.98 Å². The smallest absolute Gasteiger partial charge is 0.339 e. The highest BCUT2D eigenvalue weighted by molar-refractivity contribution is 5.89. The van der Waals surface area contributed by atoms with Crippen LogP contribution in [0.1, 0.15) is 37.0 Å². The molecule has 3 N–H and O–H groups in total. The van der Waals surface area contributed by atoms with Gasteiger partial charge in [0.25, 0.3) is 0 Å². The zero-order valence-electron chi connectivity index (χ0n) is 11.0. The fourth-order valence-corrected chi connectivity index (χ4v) is 1.62. The van der Waals surface area contributed by atoms with Gasteiger partial charge in [0.1, 0.15) is 5.82 Å². The summed E-state index contributed by atoms with van der Waals surface area (Å²) in [5.41, 5.74) is 6.12. The van der Waals surface area contributed by atoms with Crippen LogP contribution in [0.3, 0.4) is 0 Å². The van der Waals surface area contributed by atoms with Crippen molar-refractivity contribution in [3.05, 3.63) is 23.9 Å². The minimum atomic E-state index is -0.347. The molecule has 0 fully saturated rings. The Labute approximate surface area is 108 Å². The Morgan fingerprint density at radius 3 is 2.78 bits per heavy atom. The van der Waals surface area contributed by atoms with E-state index in [0.29, 0.717) is 18.7 Å². The molecule has 0 amide bonds. The number of carbonyl (C=O) groups is 1. The molecule has 0 aliphatic carbocycles. The lowest BCUT2D eigenvalue weighted by Crippen LogP contribution is -2.29. The van der Waals surface area contributed by atoms with Gasteiger partial charge < -0.3 is 15.8 Å². The second-order valence-corrected chi connectivity index (χ2v) is 4.02. The average molecular weight is 251 g/mol. The van der Waals surface area contributed by atoms with E-state index < -0.39 is 0 Å². The molecule has 0 aliphatic heterocycles. The molecule has 1 unspecified atom stereocenters. The first-order valence-corrected chi connectivity index (χ1v) is 6.31. The number of nitrogens with zero attached hydrogens (tertiary/aromatic N) is 1. The summed E-state index contributed by atoms with van der Waals surface area (Å²) in [7, 11) is 0. The summed E-state index contributed by atoms with van der Waals surface area (Å²) in [5.74, 6) is 0.382. The summed E-state index contributed by atoms with van der Waals surface area (Å²) in [6, 6.07) is 3.69. The van der Waals surface area contributed by atoms with Crippen molar-refractivity contribution in [3.8, 4) is 0 Å². The molecule has 0 saturated carbocycles. The van der Waals surface area contributed by atoms with E-state index in [1.165, 1.54) is 6.20 Å². The maximum atomic E-state index is 11.4. The highest BCUT2D eigenvalue weighted by Crippen LogP contribution is 2.09. The van der Waals surface area contributed by atoms with Gasteiger partial charge in [0.2, 0.25) is 0 Å². The third-order valence-electron chi connectivity index (χ3n) is 2.55. The Balaban J connectivity index is 2.62. The Hall–Kier alpha value is -1.62. The first kappa shape index (κ1) is 14.4. The third kappa shape index (κ3) is 4.33. The first-order valence-electron chi connectivity index (χ1n) is 6.31. The van der Waals surface area contributed by atoms with Crippen molar-refractivity contribution in [3.63, 3.8) is 0 Å². The number of carbonyl (C=O) groups excluding carboxylic acids is 1. The zero-order valence-corrected chi connectivity index (χ0v) is 11.0. The van der Waals surface area contributed by atoms with Gasteiger partial charge >= 0.3 is 5.97 Å². The molecule has 0 radical (unpaired) electrons. The minimum Gasteiger partial charge on any atom is -0.462 e. The molecular formula is C13H21N3O2. The van der Waals surface area contributed by atoms with Crippen molar-refractivity contribution in [2.45, 2.75) is 32.7 Å². The van der Waals surface area contributed by atoms with Crippen molar-refractivity contribution in [1.29, 1.82) is 0 Å². The van der Waals surface area contributed by atoms with E-state index in [1.807, 2.05) is 0 Å². The predicted octanol–water partition coefficient (Wildman–Crippen LogP) is 1.80. The first-order chi connectivity index (χ1) is 8.71. The second-order valence-electron chi connectivity index (χ2n) is 4.02. The second kappa shape index (κ2) is 7.66. The summed E-state index contributed by atoms with van der Waals surface area (Å²) < 4.78 is 4.89. The molecule has 1 heterocycles. The quantitative estimate of drug-likeness (QED) is 0.722. The Morgan fingerprint density at radius 2 is 2.28 bits per heavy atom. The lowest BCUT2D eigenvalue weighted by atomic mass is 10.1. The topological polar surface area (TPSA) is 77.2 Å². The molecule has 1 atom stereocenters. The molecule has 5 nitrogen and oxygen atoms in total. The van der Waals surface area contributed by atoms with E-state index in [-0.39, 0.29) is 12.0 Å². The van der Waals surface area contributed by atoms with Crippen LogP contribution < -0.4 is 11.1 Å². The van der Waals surface area contributed by atoms with Gasteiger partial charge in [-0.05, 0) is 25.5 Å². The summed E-state index contributed by atoms with van der Waals surface area (Å²) in [4.78, 5) is 15.6. The van der Waals surface area contributed by atoms with E-state index in [2.05, 4.69) is 17.2 Å². The van der Waals surface area contributed by atoms with E-state index in [1.54, 1.807) is 19.1 Å². The average Bonchev–Trinajstić information content (AvgIpc) is 2.39. The van der Waals surface area contributed by atoms with Gasteiger partial charge in [0, 0.05) is 18.8 Å². The predicted molar refractivity (Wildman–Crippen MR) is 71.6 cm³/mol. The van der Waals surface area contributed by atoms with Gasteiger partial charge in [-0.15, -0.1) is 0 Å². The van der Waals surface area contributed by atoms with Gasteiger partial charge in [0.15, 0.2) is 0 Å². The fourth-order valence-electron chi connectivity index (χ4n) is 1.62. The molecular weight excluding hydrogens is 230 g/mol. The van der Waals surface area contributed by atoms with Crippen molar-refractivity contribution < 1.29 is 9.53 Å². The molecule has 0 aromatic carbocycles. The fraction of sp³-hybridized carbons (Fsp3) is 0.538. The molecule has 0 bridgehead atoms. The molecule has 0 aliphatic rings. The number of esters is 1. The number of aromatic nitrogens is 1. The molecule has 5 heteroatoms. The van der Waals surface area contributed by atoms with E-state index >= 15 is 0 Å². The monoisotopic (exact) mass is 251 g/mol. The minimum absolute atomic E-state index is 0.218. The molecule has 18 heavy (non-hydrogen) atoms. The number of ether oxygens (including phenoxy) is 1. The lowest BCUT2D eigenvalue weighted by Gasteiger charge is -2.16. The molecule has 1 aromatic rings. The van der Waals surface area contributed by atoms with Gasteiger partial charge in [0.05, 0.1) is 12.2 Å². The van der Waals surface area contributed by atoms with Crippen LogP contribution in [0.25, 0.3) is 0 Å². The highest BCUT2D eigenvalue weighted by atomic mass is 16.5. The molecule has 100 valence electrons. The Morgan fingerprint density at radius 1 is 1.50 bits per heavy atom. The highest BCUT2D eigenvalue weighted by Gasteiger charge is 2.09. The van der Waals surface area contributed by atoms with E-state index in [4.69, 9.17) is 10.5 Å². The van der Waals surface area contributed by atoms with Gasteiger partial charge in [-0.25, -0.2) is 9.78 Å². The molecule has 0 spiro atoms. The summed E-state index contributed by atoms with van der Waals surface area (Å²) in [6.45, 7) is 4.82. The zero-order chi connectivity index (χ0) is 13.4. The number of pyridine rings is 1. The van der Waals surface area contributed by atoms with Crippen molar-refractivity contribution in [2.75, 3.05) is 18.5 Å². The normalized spacial score (nSPS) is 11.9. The summed E-state index contributed by atoms with van der Waals surface area (Å²) >= 11 is 0. The number of anilines is 1. The van der Waals surface area contributed by atoms with Crippen LogP contribution in [0.5, 0.6) is 0 Å². The largest absolute Gasteiger partial charge is 0.462 e. The van der Waals surface area contributed by atoms with Crippen LogP contribution >= 0.6 is 0 Å². The molecule has 1 rings (SSSR count). The molecule has 0 saturated heterocycles. The van der Waals surface area contributed by atoms with Gasteiger partial charge in [-0.2, -0.15) is 0 Å². The summed E-state index contributed by atoms with van der Waals surface area (Å²) in [6.07, 6.45) is 3.58.